The number of anilines is 1. The number of benzene rings is 2. The van der Waals surface area contributed by atoms with Crippen LogP contribution in [-0.2, 0) is 11.3 Å². The summed E-state index contributed by atoms with van der Waals surface area (Å²) in [5.41, 5.74) is 4.69. The summed E-state index contributed by atoms with van der Waals surface area (Å²) < 4.78 is 5.32. The largest absolute Gasteiger partial charge is 0.378 e. The third-order valence-electron chi connectivity index (χ3n) is 5.77. The van der Waals surface area contributed by atoms with Crippen molar-refractivity contribution in [3.63, 3.8) is 0 Å². The maximum atomic E-state index is 12.8. The summed E-state index contributed by atoms with van der Waals surface area (Å²) in [5.74, 6) is -0.346. The quantitative estimate of drug-likeness (QED) is 0.524. The summed E-state index contributed by atoms with van der Waals surface area (Å²) in [5, 5.41) is 14.2. The van der Waals surface area contributed by atoms with Crippen LogP contribution < -0.4 is 10.3 Å². The maximum Gasteiger partial charge on any atom is 0.293 e. The monoisotopic (exact) mass is 459 g/mol. The molecule has 1 N–H and O–H groups in total. The lowest BCUT2D eigenvalue weighted by Gasteiger charge is -2.34. The SMILES string of the molecule is O=C(NN1CCN(Cc2ccccc2Cl)CC1)c1ccc(N2CCOCC2)c([N+](=O)[O-])c1. The van der Waals surface area contributed by atoms with Gasteiger partial charge < -0.3 is 9.64 Å². The van der Waals surface area contributed by atoms with Gasteiger partial charge in [0.25, 0.3) is 11.6 Å². The van der Waals surface area contributed by atoms with E-state index in [1.165, 1.54) is 6.07 Å². The van der Waals surface area contributed by atoms with Gasteiger partial charge in [-0.1, -0.05) is 29.8 Å². The van der Waals surface area contributed by atoms with E-state index in [-0.39, 0.29) is 17.2 Å². The van der Waals surface area contributed by atoms with Crippen molar-refractivity contribution in [1.29, 1.82) is 0 Å². The third kappa shape index (κ3) is 5.36. The van der Waals surface area contributed by atoms with Gasteiger partial charge in [-0.3, -0.25) is 25.2 Å². The molecular formula is C22H26ClN5O4. The van der Waals surface area contributed by atoms with Crippen LogP contribution in [0.2, 0.25) is 5.02 Å². The van der Waals surface area contributed by atoms with Gasteiger partial charge in [-0.15, -0.1) is 0 Å². The highest BCUT2D eigenvalue weighted by atomic mass is 35.5. The van der Waals surface area contributed by atoms with Crippen LogP contribution in [0, 0.1) is 10.1 Å². The van der Waals surface area contributed by atoms with Gasteiger partial charge in [0.05, 0.1) is 18.1 Å². The first-order valence-corrected chi connectivity index (χ1v) is 11.0. The van der Waals surface area contributed by atoms with Crippen LogP contribution >= 0.6 is 11.6 Å². The Morgan fingerprint density at radius 1 is 1.06 bits per heavy atom. The molecule has 0 aliphatic carbocycles. The van der Waals surface area contributed by atoms with E-state index >= 15 is 0 Å². The lowest BCUT2D eigenvalue weighted by Crippen LogP contribution is -2.53. The molecule has 10 heteroatoms. The van der Waals surface area contributed by atoms with Crippen molar-refractivity contribution in [1.82, 2.24) is 15.3 Å². The second-order valence-corrected chi connectivity index (χ2v) is 8.26. The molecule has 4 rings (SSSR count). The van der Waals surface area contributed by atoms with Crippen LogP contribution in [0.4, 0.5) is 11.4 Å². The molecule has 170 valence electrons. The number of hydrogen-bond acceptors (Lipinski definition) is 7. The first-order chi connectivity index (χ1) is 15.5. The van der Waals surface area contributed by atoms with Crippen LogP contribution in [0.15, 0.2) is 42.5 Å². The number of nitro groups is 1. The van der Waals surface area contributed by atoms with Gasteiger partial charge in [0.1, 0.15) is 5.69 Å². The number of nitrogens with zero attached hydrogens (tertiary/aromatic N) is 4. The van der Waals surface area contributed by atoms with E-state index in [0.717, 1.165) is 30.2 Å². The molecule has 2 saturated heterocycles. The number of carbonyl (C=O) groups is 1. The van der Waals surface area contributed by atoms with Gasteiger partial charge in [-0.05, 0) is 23.8 Å². The molecule has 1 amide bonds. The van der Waals surface area contributed by atoms with Crippen molar-refractivity contribution in [2.75, 3.05) is 57.4 Å². The topological polar surface area (TPSA) is 91.2 Å². The van der Waals surface area contributed by atoms with Crippen molar-refractivity contribution in [3.05, 3.63) is 68.7 Å². The fourth-order valence-corrected chi connectivity index (χ4v) is 4.17. The molecule has 0 bridgehead atoms. The summed E-state index contributed by atoms with van der Waals surface area (Å²) in [6, 6.07) is 12.4. The molecule has 32 heavy (non-hydrogen) atoms. The number of amides is 1. The Balaban J connectivity index is 1.35. The first-order valence-electron chi connectivity index (χ1n) is 10.6. The number of rotatable bonds is 6. The Labute approximate surface area is 191 Å². The second-order valence-electron chi connectivity index (χ2n) is 7.86. The van der Waals surface area contributed by atoms with Crippen molar-refractivity contribution >= 4 is 28.9 Å². The van der Waals surface area contributed by atoms with Crippen LogP contribution in [0.25, 0.3) is 0 Å². The van der Waals surface area contributed by atoms with E-state index in [2.05, 4.69) is 10.3 Å². The fraction of sp³-hybridized carbons (Fsp3) is 0.409. The van der Waals surface area contributed by atoms with Crippen LogP contribution in [0.3, 0.4) is 0 Å². The molecule has 0 aromatic heterocycles. The number of ether oxygens (including phenoxy) is 1. The van der Waals surface area contributed by atoms with Gasteiger partial charge in [0.2, 0.25) is 0 Å². The molecular weight excluding hydrogens is 434 g/mol. The van der Waals surface area contributed by atoms with E-state index in [1.54, 1.807) is 12.1 Å². The lowest BCUT2D eigenvalue weighted by atomic mass is 10.1. The minimum absolute atomic E-state index is 0.0656. The number of nitrogens with one attached hydrogen (secondary N) is 1. The molecule has 2 aromatic rings. The highest BCUT2D eigenvalue weighted by molar-refractivity contribution is 6.31. The van der Waals surface area contributed by atoms with Crippen molar-refractivity contribution in [3.8, 4) is 0 Å². The molecule has 0 atom stereocenters. The van der Waals surface area contributed by atoms with Crippen LogP contribution in [0.1, 0.15) is 15.9 Å². The third-order valence-corrected chi connectivity index (χ3v) is 6.14. The molecule has 0 saturated carbocycles. The molecule has 0 radical (unpaired) electrons. The zero-order valence-corrected chi connectivity index (χ0v) is 18.5. The number of halogens is 1. The molecule has 2 aliphatic rings. The van der Waals surface area contributed by atoms with Gasteiger partial charge in [0.15, 0.2) is 0 Å². The smallest absolute Gasteiger partial charge is 0.293 e. The number of morpholine rings is 1. The van der Waals surface area contributed by atoms with E-state index in [9.17, 15) is 14.9 Å². The second kappa shape index (κ2) is 10.3. The zero-order chi connectivity index (χ0) is 22.5. The molecule has 0 spiro atoms. The van der Waals surface area contributed by atoms with Gasteiger partial charge in [-0.2, -0.15) is 0 Å². The number of nitro benzene ring substituents is 1. The minimum atomic E-state index is -0.435. The van der Waals surface area contributed by atoms with E-state index < -0.39 is 4.92 Å². The maximum absolute atomic E-state index is 12.8. The van der Waals surface area contributed by atoms with Crippen molar-refractivity contribution in [2.24, 2.45) is 0 Å². The van der Waals surface area contributed by atoms with Gasteiger partial charge >= 0.3 is 0 Å². The minimum Gasteiger partial charge on any atom is -0.378 e. The summed E-state index contributed by atoms with van der Waals surface area (Å²) in [4.78, 5) is 28.1. The number of carbonyl (C=O) groups excluding carboxylic acids is 1. The lowest BCUT2D eigenvalue weighted by molar-refractivity contribution is -0.384. The Morgan fingerprint density at radius 2 is 1.78 bits per heavy atom. The summed E-state index contributed by atoms with van der Waals surface area (Å²) in [6.45, 7) is 5.87. The standard InChI is InChI=1S/C22H26ClN5O4/c23-19-4-2-1-3-18(19)16-25-7-9-27(10-8-25)24-22(29)17-5-6-20(21(15-17)28(30)31)26-11-13-32-14-12-26/h1-6,15H,7-14,16H2,(H,24,29). The fourth-order valence-electron chi connectivity index (χ4n) is 3.98. The number of hydrogen-bond donors (Lipinski definition) is 1. The number of hydrazine groups is 1. The van der Waals surface area contributed by atoms with E-state index in [4.69, 9.17) is 16.3 Å². The molecule has 0 unspecified atom stereocenters. The van der Waals surface area contributed by atoms with E-state index in [0.29, 0.717) is 45.1 Å². The molecule has 2 heterocycles. The Hall–Kier alpha value is -2.72. The first kappa shape index (κ1) is 22.5. The summed E-state index contributed by atoms with van der Waals surface area (Å²) in [6.07, 6.45) is 0. The average Bonchev–Trinajstić information content (AvgIpc) is 2.82. The highest BCUT2D eigenvalue weighted by Gasteiger charge is 2.25. The predicted molar refractivity (Wildman–Crippen MR) is 122 cm³/mol. The summed E-state index contributed by atoms with van der Waals surface area (Å²) >= 11 is 6.25. The van der Waals surface area contributed by atoms with Crippen LogP contribution in [0.5, 0.6) is 0 Å². The molecule has 2 fully saturated rings. The predicted octanol–water partition coefficient (Wildman–Crippen LogP) is 2.55. The van der Waals surface area contributed by atoms with Crippen molar-refractivity contribution in [2.45, 2.75) is 6.54 Å². The number of piperazine rings is 1. The average molecular weight is 460 g/mol. The Morgan fingerprint density at radius 3 is 2.47 bits per heavy atom. The summed E-state index contributed by atoms with van der Waals surface area (Å²) in [7, 11) is 0. The van der Waals surface area contributed by atoms with Gasteiger partial charge in [0, 0.05) is 62.5 Å². The molecule has 9 nitrogen and oxygen atoms in total. The zero-order valence-electron chi connectivity index (χ0n) is 17.7. The van der Waals surface area contributed by atoms with E-state index in [1.807, 2.05) is 34.2 Å². The molecule has 2 aromatic carbocycles. The normalized spacial score (nSPS) is 17.8. The molecule has 2 aliphatic heterocycles. The van der Waals surface area contributed by atoms with Crippen molar-refractivity contribution < 1.29 is 14.5 Å². The van der Waals surface area contributed by atoms with Crippen LogP contribution in [-0.4, -0.2) is 73.2 Å². The highest BCUT2D eigenvalue weighted by Crippen LogP contribution is 2.30. The Bertz CT molecular complexity index is 975. The van der Waals surface area contributed by atoms with Gasteiger partial charge in [-0.25, -0.2) is 5.01 Å². The Kier molecular flexibility index (Phi) is 7.21.